The average molecular weight is 416 g/mol. The third kappa shape index (κ3) is 4.96. The van der Waals surface area contributed by atoms with E-state index in [1.807, 2.05) is 0 Å². The normalized spacial score (nSPS) is 17.9. The van der Waals surface area contributed by atoms with E-state index in [1.54, 1.807) is 43.1 Å². The van der Waals surface area contributed by atoms with Gasteiger partial charge in [0.1, 0.15) is 0 Å². The zero-order valence-corrected chi connectivity index (χ0v) is 16.9. The summed E-state index contributed by atoms with van der Waals surface area (Å²) in [6.45, 7) is 1.77. The highest BCUT2D eigenvalue weighted by molar-refractivity contribution is 5.99. The van der Waals surface area contributed by atoms with Gasteiger partial charge in [-0.2, -0.15) is 13.2 Å². The molecule has 7 heteroatoms. The minimum Gasteiger partial charge on any atom is -0.338 e. The molecule has 0 heterocycles. The van der Waals surface area contributed by atoms with Crippen LogP contribution in [0.4, 0.5) is 13.2 Å². The van der Waals surface area contributed by atoms with Gasteiger partial charge in [-0.3, -0.25) is 9.59 Å². The van der Waals surface area contributed by atoms with Crippen LogP contribution in [0.15, 0.2) is 53.5 Å². The first kappa shape index (κ1) is 21.7. The molecule has 0 N–H and O–H groups in total. The summed E-state index contributed by atoms with van der Waals surface area (Å²) in [6.07, 6.45) is -1.93. The minimum absolute atomic E-state index is 0.00417. The van der Waals surface area contributed by atoms with E-state index in [0.29, 0.717) is 30.4 Å². The van der Waals surface area contributed by atoms with Crippen LogP contribution in [0.25, 0.3) is 11.1 Å². The number of rotatable bonds is 4. The maximum absolute atomic E-state index is 12.8. The number of hydrogen-bond donors (Lipinski definition) is 0. The Balaban J connectivity index is 1.68. The molecule has 0 bridgehead atoms. The number of nitrogens with zero attached hydrogens (tertiary/aromatic N) is 2. The lowest BCUT2D eigenvalue weighted by molar-refractivity contribution is -0.137. The predicted octanol–water partition coefficient (Wildman–Crippen LogP) is 5.37. The van der Waals surface area contributed by atoms with Gasteiger partial charge in [-0.25, -0.2) is 4.99 Å². The van der Waals surface area contributed by atoms with Crippen molar-refractivity contribution in [2.75, 3.05) is 7.05 Å². The molecule has 158 valence electrons. The number of amides is 2. The molecule has 0 spiro atoms. The summed E-state index contributed by atoms with van der Waals surface area (Å²) in [6, 6.07) is 11.7. The number of carbonyl (C=O) groups is 2. The van der Waals surface area contributed by atoms with Crippen molar-refractivity contribution in [1.29, 1.82) is 0 Å². The lowest BCUT2D eigenvalue weighted by atomic mass is 10.0. The van der Waals surface area contributed by atoms with E-state index in [-0.39, 0.29) is 17.9 Å². The first-order valence-electron chi connectivity index (χ1n) is 9.83. The Hall–Kier alpha value is -2.96. The molecular weight excluding hydrogens is 393 g/mol. The van der Waals surface area contributed by atoms with Crippen molar-refractivity contribution in [3.8, 4) is 11.1 Å². The molecule has 1 aliphatic carbocycles. The topological polar surface area (TPSA) is 49.7 Å². The summed E-state index contributed by atoms with van der Waals surface area (Å²) in [5.41, 5.74) is 2.02. The highest BCUT2D eigenvalue weighted by atomic mass is 19.4. The molecule has 4 nitrogen and oxygen atoms in total. The van der Waals surface area contributed by atoms with Crippen LogP contribution in [0.5, 0.6) is 0 Å². The number of carbonyl (C=O) groups excluding carboxylic acids is 2. The Morgan fingerprint density at radius 1 is 1.03 bits per heavy atom. The lowest BCUT2D eigenvalue weighted by Crippen LogP contribution is -2.35. The van der Waals surface area contributed by atoms with Crippen molar-refractivity contribution < 1.29 is 22.8 Å². The van der Waals surface area contributed by atoms with Crippen LogP contribution >= 0.6 is 0 Å². The summed E-state index contributed by atoms with van der Waals surface area (Å²) in [5, 5.41) is 0. The van der Waals surface area contributed by atoms with Crippen LogP contribution in [-0.2, 0) is 11.0 Å². The quantitative estimate of drug-likeness (QED) is 0.672. The molecule has 0 saturated heterocycles. The van der Waals surface area contributed by atoms with E-state index in [2.05, 4.69) is 4.99 Å². The molecule has 3 rings (SSSR count). The van der Waals surface area contributed by atoms with Crippen molar-refractivity contribution in [2.45, 2.75) is 44.8 Å². The summed E-state index contributed by atoms with van der Waals surface area (Å²) < 4.78 is 38.1. The zero-order valence-electron chi connectivity index (χ0n) is 16.9. The summed E-state index contributed by atoms with van der Waals surface area (Å²) >= 11 is 0. The van der Waals surface area contributed by atoms with Gasteiger partial charge in [0.05, 0.1) is 5.56 Å². The number of hydrogen-bond acceptors (Lipinski definition) is 2. The minimum atomic E-state index is -4.37. The van der Waals surface area contributed by atoms with Crippen molar-refractivity contribution in [3.63, 3.8) is 0 Å². The first-order chi connectivity index (χ1) is 14.2. The maximum Gasteiger partial charge on any atom is 0.416 e. The highest BCUT2D eigenvalue weighted by Crippen LogP contribution is 2.31. The van der Waals surface area contributed by atoms with Gasteiger partial charge in [0.15, 0.2) is 0 Å². The Labute approximate surface area is 173 Å². The van der Waals surface area contributed by atoms with Gasteiger partial charge in [-0.15, -0.1) is 0 Å². The molecule has 1 saturated carbocycles. The molecule has 0 radical (unpaired) electrons. The van der Waals surface area contributed by atoms with Crippen LogP contribution < -0.4 is 0 Å². The third-order valence-electron chi connectivity index (χ3n) is 5.37. The highest BCUT2D eigenvalue weighted by Gasteiger charge is 2.30. The molecular formula is C23H23F3N2O2. The third-order valence-corrected chi connectivity index (χ3v) is 5.37. The van der Waals surface area contributed by atoms with Crippen LogP contribution in [-0.4, -0.2) is 35.5 Å². The Morgan fingerprint density at radius 3 is 2.13 bits per heavy atom. The average Bonchev–Trinajstić information content (AvgIpc) is 3.20. The van der Waals surface area contributed by atoms with E-state index in [1.165, 1.54) is 12.1 Å². The molecule has 30 heavy (non-hydrogen) atoms. The molecule has 1 atom stereocenters. The van der Waals surface area contributed by atoms with Crippen molar-refractivity contribution >= 4 is 17.5 Å². The molecule has 0 aliphatic heterocycles. The Bertz CT molecular complexity index is 948. The second-order valence-electron chi connectivity index (χ2n) is 7.39. The van der Waals surface area contributed by atoms with Crippen molar-refractivity contribution in [1.82, 2.24) is 4.90 Å². The van der Waals surface area contributed by atoms with Gasteiger partial charge in [0.25, 0.3) is 5.91 Å². The van der Waals surface area contributed by atoms with Gasteiger partial charge in [-0.05, 0) is 48.2 Å². The van der Waals surface area contributed by atoms with Crippen LogP contribution in [0.3, 0.4) is 0 Å². The number of halogens is 3. The monoisotopic (exact) mass is 416 g/mol. The predicted molar refractivity (Wildman–Crippen MR) is 109 cm³/mol. The molecule has 0 aromatic heterocycles. The van der Waals surface area contributed by atoms with Gasteiger partial charge >= 0.3 is 6.18 Å². The second-order valence-corrected chi connectivity index (χ2v) is 7.39. The number of alkyl halides is 3. The summed E-state index contributed by atoms with van der Waals surface area (Å²) in [5.74, 6) is -0.277. The second kappa shape index (κ2) is 8.81. The largest absolute Gasteiger partial charge is 0.416 e. The van der Waals surface area contributed by atoms with E-state index in [4.69, 9.17) is 0 Å². The van der Waals surface area contributed by atoms with E-state index in [9.17, 15) is 22.8 Å². The first-order valence-corrected chi connectivity index (χ1v) is 9.83. The van der Waals surface area contributed by atoms with Gasteiger partial charge in [0.2, 0.25) is 5.91 Å². The molecule has 1 aliphatic rings. The molecule has 2 aromatic carbocycles. The fourth-order valence-corrected chi connectivity index (χ4v) is 3.52. The lowest BCUT2D eigenvalue weighted by Gasteiger charge is -2.24. The van der Waals surface area contributed by atoms with Crippen molar-refractivity contribution in [2.24, 2.45) is 4.99 Å². The smallest absolute Gasteiger partial charge is 0.338 e. The van der Waals surface area contributed by atoms with Gasteiger partial charge in [0, 0.05) is 37.2 Å². The van der Waals surface area contributed by atoms with Crippen LogP contribution in [0.1, 0.15) is 48.5 Å². The molecule has 1 unspecified atom stereocenters. The maximum atomic E-state index is 12.8. The van der Waals surface area contributed by atoms with E-state index < -0.39 is 11.7 Å². The van der Waals surface area contributed by atoms with Crippen LogP contribution in [0.2, 0.25) is 0 Å². The van der Waals surface area contributed by atoms with Crippen molar-refractivity contribution in [3.05, 3.63) is 59.7 Å². The van der Waals surface area contributed by atoms with Gasteiger partial charge in [-0.1, -0.05) is 31.2 Å². The Kier molecular flexibility index (Phi) is 6.39. The van der Waals surface area contributed by atoms with Crippen LogP contribution in [0, 0.1) is 0 Å². The summed E-state index contributed by atoms with van der Waals surface area (Å²) in [4.78, 5) is 30.1. The van der Waals surface area contributed by atoms with Gasteiger partial charge < -0.3 is 4.90 Å². The SMILES string of the molecule is CCC(=O)N=C1CCC(N(C)C(=O)c2ccc(-c3ccc(C(F)(F)F)cc3)cc2)C1. The Morgan fingerprint density at radius 2 is 1.60 bits per heavy atom. The fourth-order valence-electron chi connectivity index (χ4n) is 3.52. The van der Waals surface area contributed by atoms with E-state index >= 15 is 0 Å². The zero-order chi connectivity index (χ0) is 21.9. The molecule has 1 fully saturated rings. The van der Waals surface area contributed by atoms with E-state index in [0.717, 1.165) is 29.8 Å². The number of aliphatic imine (C=N–C) groups is 1. The molecule has 2 amide bonds. The summed E-state index contributed by atoms with van der Waals surface area (Å²) in [7, 11) is 1.74. The fraction of sp³-hybridized carbons (Fsp3) is 0.348. The standard InChI is InChI=1S/C23H23F3N2O2/c1-3-21(29)27-19-12-13-20(14-19)28(2)22(30)17-6-4-15(5-7-17)16-8-10-18(11-9-16)23(24,25)26/h4-11,20H,3,12-14H2,1-2H3. The molecule has 2 aromatic rings. The number of benzene rings is 2.